The van der Waals surface area contributed by atoms with E-state index in [1.54, 1.807) is 54.0 Å². The number of aryl methyl sites for hydroxylation is 1. The van der Waals surface area contributed by atoms with Gasteiger partial charge >= 0.3 is 0 Å². The van der Waals surface area contributed by atoms with Gasteiger partial charge in [0.1, 0.15) is 23.8 Å². The van der Waals surface area contributed by atoms with Crippen LogP contribution in [0.3, 0.4) is 0 Å². The number of nitriles is 1. The quantitative estimate of drug-likeness (QED) is 0.621. The van der Waals surface area contributed by atoms with E-state index in [1.165, 1.54) is 0 Å². The largest absolute Gasteiger partial charge is 0.449 e. The zero-order valence-corrected chi connectivity index (χ0v) is 17.8. The smallest absolute Gasteiger partial charge is 0.243 e. The molecule has 2 aliphatic heterocycles. The highest BCUT2D eigenvalue weighted by Gasteiger charge is 2.46. The van der Waals surface area contributed by atoms with E-state index < -0.39 is 10.0 Å². The predicted octanol–water partition coefficient (Wildman–Crippen LogP) is 2.82. The number of aromatic nitrogens is 2. The molecule has 4 heterocycles. The summed E-state index contributed by atoms with van der Waals surface area (Å²) in [5, 5.41) is 8.96. The van der Waals surface area contributed by atoms with Crippen molar-refractivity contribution < 1.29 is 12.8 Å². The van der Waals surface area contributed by atoms with Crippen molar-refractivity contribution in [3.8, 4) is 17.3 Å². The van der Waals surface area contributed by atoms with Crippen LogP contribution in [0, 0.1) is 24.2 Å². The molecule has 2 atom stereocenters. The van der Waals surface area contributed by atoms with Crippen LogP contribution in [0.1, 0.15) is 17.9 Å². The molecule has 9 heteroatoms. The van der Waals surface area contributed by atoms with E-state index >= 15 is 0 Å². The van der Waals surface area contributed by atoms with Crippen molar-refractivity contribution in [2.24, 2.45) is 5.92 Å². The van der Waals surface area contributed by atoms with Gasteiger partial charge in [0, 0.05) is 44.4 Å². The molecular formula is C22H21N5O3S. The van der Waals surface area contributed by atoms with Crippen LogP contribution < -0.4 is 4.90 Å². The molecule has 0 radical (unpaired) electrons. The first-order valence-electron chi connectivity index (χ1n) is 10.1. The SMILES string of the molecule is Cc1nc(-c2ccc(S(=O)(=O)N3CCC4CN(c5ccc(C#N)cn5)CC43)cc2)co1. The van der Waals surface area contributed by atoms with Crippen LogP contribution in [0.5, 0.6) is 0 Å². The van der Waals surface area contributed by atoms with Gasteiger partial charge in [0.15, 0.2) is 5.89 Å². The summed E-state index contributed by atoms with van der Waals surface area (Å²) in [6, 6.07) is 12.3. The summed E-state index contributed by atoms with van der Waals surface area (Å²) in [6.07, 6.45) is 3.94. The molecule has 1 aromatic carbocycles. The Morgan fingerprint density at radius 1 is 1.16 bits per heavy atom. The normalized spacial score (nSPS) is 21.2. The highest BCUT2D eigenvalue weighted by Crippen LogP contribution is 2.37. The van der Waals surface area contributed by atoms with E-state index in [4.69, 9.17) is 9.68 Å². The second-order valence-corrected chi connectivity index (χ2v) is 9.82. The number of sulfonamides is 1. The first-order valence-corrected chi connectivity index (χ1v) is 11.6. The third-order valence-electron chi connectivity index (χ3n) is 6.07. The van der Waals surface area contributed by atoms with Crippen molar-refractivity contribution >= 4 is 15.8 Å². The van der Waals surface area contributed by atoms with Gasteiger partial charge in [-0.3, -0.25) is 0 Å². The van der Waals surface area contributed by atoms with Gasteiger partial charge in [0.25, 0.3) is 0 Å². The minimum atomic E-state index is -3.60. The second kappa shape index (κ2) is 7.48. The van der Waals surface area contributed by atoms with E-state index in [-0.39, 0.29) is 16.9 Å². The average Bonchev–Trinajstić information content (AvgIpc) is 3.49. The Labute approximate surface area is 180 Å². The van der Waals surface area contributed by atoms with E-state index in [9.17, 15) is 8.42 Å². The Morgan fingerprint density at radius 2 is 1.97 bits per heavy atom. The third kappa shape index (κ3) is 3.48. The van der Waals surface area contributed by atoms with Crippen LogP contribution in [0.15, 0.2) is 58.2 Å². The molecule has 8 nitrogen and oxygen atoms in total. The highest BCUT2D eigenvalue weighted by atomic mass is 32.2. The van der Waals surface area contributed by atoms with Crippen LogP contribution in [-0.2, 0) is 10.0 Å². The lowest BCUT2D eigenvalue weighted by Crippen LogP contribution is -2.39. The summed E-state index contributed by atoms with van der Waals surface area (Å²) >= 11 is 0. The molecule has 0 aliphatic carbocycles. The zero-order valence-electron chi connectivity index (χ0n) is 17.0. The molecule has 2 aromatic heterocycles. The molecule has 2 saturated heterocycles. The van der Waals surface area contributed by atoms with Crippen molar-refractivity contribution in [3.05, 3.63) is 60.3 Å². The first-order chi connectivity index (χ1) is 15.0. The number of benzene rings is 1. The van der Waals surface area contributed by atoms with Crippen LogP contribution in [0.4, 0.5) is 5.82 Å². The standard InChI is InChI=1S/C22H21N5O3S/c1-15-25-20(14-30-15)17-3-5-19(6-4-17)31(28,29)27-9-8-18-12-26(13-21(18)27)22-7-2-16(10-23)11-24-22/h2-7,11,14,18,21H,8-9,12-13H2,1H3. The molecule has 3 aromatic rings. The zero-order chi connectivity index (χ0) is 21.6. The maximum atomic E-state index is 13.4. The van der Waals surface area contributed by atoms with Crippen LogP contribution in [0.2, 0.25) is 0 Å². The Bertz CT molecular complexity index is 1250. The summed E-state index contributed by atoms with van der Waals surface area (Å²) < 4.78 is 33.6. The molecule has 0 N–H and O–H groups in total. The van der Waals surface area contributed by atoms with E-state index in [0.717, 1.165) is 24.3 Å². The lowest BCUT2D eigenvalue weighted by atomic mass is 10.1. The maximum Gasteiger partial charge on any atom is 0.243 e. The number of oxazole rings is 1. The van der Waals surface area contributed by atoms with Crippen LogP contribution >= 0.6 is 0 Å². The van der Waals surface area contributed by atoms with Crippen LogP contribution in [0.25, 0.3) is 11.3 Å². The first kappa shape index (κ1) is 19.7. The summed E-state index contributed by atoms with van der Waals surface area (Å²) in [6.45, 7) is 3.65. The number of hydrogen-bond donors (Lipinski definition) is 0. The fourth-order valence-electron chi connectivity index (χ4n) is 4.48. The van der Waals surface area contributed by atoms with Gasteiger partial charge in [-0.15, -0.1) is 0 Å². The van der Waals surface area contributed by atoms with E-state index in [2.05, 4.69) is 20.9 Å². The van der Waals surface area contributed by atoms with Gasteiger partial charge in [0.2, 0.25) is 10.0 Å². The fraction of sp³-hybridized carbons (Fsp3) is 0.318. The van der Waals surface area contributed by atoms with Gasteiger partial charge in [-0.05, 0) is 36.6 Å². The maximum absolute atomic E-state index is 13.4. The third-order valence-corrected chi connectivity index (χ3v) is 8.01. The Hall–Kier alpha value is -3.22. The molecule has 2 unspecified atom stereocenters. The van der Waals surface area contributed by atoms with Crippen molar-refractivity contribution in [3.63, 3.8) is 0 Å². The minimum Gasteiger partial charge on any atom is -0.449 e. The van der Waals surface area contributed by atoms with Crippen molar-refractivity contribution in [1.82, 2.24) is 14.3 Å². The summed E-state index contributed by atoms with van der Waals surface area (Å²) in [4.78, 5) is 11.0. The van der Waals surface area contributed by atoms with Gasteiger partial charge in [-0.2, -0.15) is 9.57 Å². The van der Waals surface area contributed by atoms with Gasteiger partial charge < -0.3 is 9.32 Å². The average molecular weight is 436 g/mol. The van der Waals surface area contributed by atoms with Crippen molar-refractivity contribution in [1.29, 1.82) is 5.26 Å². The number of rotatable bonds is 4. The van der Waals surface area contributed by atoms with Gasteiger partial charge in [-0.1, -0.05) is 12.1 Å². The van der Waals surface area contributed by atoms with Crippen LogP contribution in [-0.4, -0.2) is 48.4 Å². The van der Waals surface area contributed by atoms with E-state index in [1.807, 2.05) is 6.07 Å². The van der Waals surface area contributed by atoms with Gasteiger partial charge in [-0.25, -0.2) is 18.4 Å². The topological polar surface area (TPSA) is 103 Å². The Balaban J connectivity index is 1.35. The Morgan fingerprint density at radius 3 is 2.61 bits per heavy atom. The number of nitrogens with zero attached hydrogens (tertiary/aromatic N) is 5. The summed E-state index contributed by atoms with van der Waals surface area (Å²) in [7, 11) is -3.60. The van der Waals surface area contributed by atoms with E-state index in [0.29, 0.717) is 30.2 Å². The minimum absolute atomic E-state index is 0.0830. The molecule has 2 aliphatic rings. The predicted molar refractivity (Wildman–Crippen MR) is 114 cm³/mol. The summed E-state index contributed by atoms with van der Waals surface area (Å²) in [5.41, 5.74) is 2.01. The molecule has 0 amide bonds. The molecule has 158 valence electrons. The Kier molecular flexibility index (Phi) is 4.76. The van der Waals surface area contributed by atoms with Gasteiger partial charge in [0.05, 0.1) is 10.5 Å². The molecule has 0 bridgehead atoms. The lowest BCUT2D eigenvalue weighted by Gasteiger charge is -2.25. The number of hydrogen-bond acceptors (Lipinski definition) is 7. The van der Waals surface area contributed by atoms with Crippen molar-refractivity contribution in [2.75, 3.05) is 24.5 Å². The lowest BCUT2D eigenvalue weighted by molar-refractivity contribution is 0.384. The number of anilines is 1. The number of fused-ring (bicyclic) bond motifs is 1. The molecule has 0 saturated carbocycles. The molecule has 31 heavy (non-hydrogen) atoms. The molecule has 0 spiro atoms. The van der Waals surface area contributed by atoms with Crippen molar-refractivity contribution in [2.45, 2.75) is 24.3 Å². The number of pyridine rings is 1. The molecule has 2 fully saturated rings. The molecular weight excluding hydrogens is 414 g/mol. The molecule has 5 rings (SSSR count). The fourth-order valence-corrected chi connectivity index (χ4v) is 6.17. The monoisotopic (exact) mass is 435 g/mol. The second-order valence-electron chi connectivity index (χ2n) is 7.93. The summed E-state index contributed by atoms with van der Waals surface area (Å²) in [5.74, 6) is 1.61. The highest BCUT2D eigenvalue weighted by molar-refractivity contribution is 7.89.